The Labute approximate surface area is 180 Å². The molecule has 0 heterocycles. The fourth-order valence-electron chi connectivity index (χ4n) is 3.35. The van der Waals surface area contributed by atoms with E-state index >= 15 is 0 Å². The van der Waals surface area contributed by atoms with Crippen molar-refractivity contribution in [1.29, 1.82) is 0 Å². The van der Waals surface area contributed by atoms with E-state index in [1.807, 2.05) is 0 Å². The molecule has 0 spiro atoms. The van der Waals surface area contributed by atoms with Crippen molar-refractivity contribution in [3.8, 4) is 0 Å². The van der Waals surface area contributed by atoms with Crippen molar-refractivity contribution < 1.29 is 28.0 Å². The van der Waals surface area contributed by atoms with Gasteiger partial charge in [-0.25, -0.2) is 18.7 Å². The Bertz CT molecular complexity index is 1050. The topological polar surface area (TPSA) is 122 Å². The van der Waals surface area contributed by atoms with Gasteiger partial charge < -0.3 is 4.74 Å². The van der Waals surface area contributed by atoms with Crippen LogP contribution in [0.15, 0.2) is 65.6 Å². The van der Waals surface area contributed by atoms with Gasteiger partial charge in [0.05, 0.1) is 4.90 Å². The molecule has 2 aromatic carbocycles. The summed E-state index contributed by atoms with van der Waals surface area (Å²) in [5, 5.41) is 8.56. The second-order valence-corrected chi connectivity index (χ2v) is 8.90. The molecule has 0 bridgehead atoms. The highest BCUT2D eigenvalue weighted by atomic mass is 32.2. The molecular formula is C22H24N2O6S. The number of carbonyl (C=O) groups is 2. The van der Waals surface area contributed by atoms with E-state index in [9.17, 15) is 18.0 Å². The summed E-state index contributed by atoms with van der Waals surface area (Å²) in [5.74, 6) is -1.39. The first-order chi connectivity index (χ1) is 14.9. The normalized spacial score (nSPS) is 15.6. The molecule has 1 fully saturated rings. The van der Waals surface area contributed by atoms with Crippen molar-refractivity contribution in [3.05, 3.63) is 71.8 Å². The van der Waals surface area contributed by atoms with Gasteiger partial charge in [0.1, 0.15) is 12.1 Å². The van der Waals surface area contributed by atoms with Crippen LogP contribution in [0, 0.1) is 0 Å². The number of sulfonamides is 1. The van der Waals surface area contributed by atoms with E-state index in [0.29, 0.717) is 11.1 Å². The van der Waals surface area contributed by atoms with Crippen LogP contribution in [0.4, 0.5) is 0 Å². The minimum absolute atomic E-state index is 0.0753. The standard InChI is InChI=1S/C22H24N2O6S/c25-20(23-27)14-13-16-7-6-12-19(15-16)31(28,29)24-21(17-8-2-1-3-9-17)22(26)30-18-10-4-5-11-18/h1-3,6-9,12-15,18,21,24,27H,4-5,10-11H2,(H,23,25)/b14-13+/t21-/m0/s1. The third-order valence-corrected chi connectivity index (χ3v) is 6.35. The van der Waals surface area contributed by atoms with Crippen molar-refractivity contribution in [2.75, 3.05) is 0 Å². The molecule has 1 saturated carbocycles. The van der Waals surface area contributed by atoms with Crippen LogP contribution in [0.2, 0.25) is 0 Å². The Morgan fingerprint density at radius 2 is 1.77 bits per heavy atom. The molecule has 1 amide bonds. The second-order valence-electron chi connectivity index (χ2n) is 7.19. The maximum absolute atomic E-state index is 13.0. The molecule has 2 aromatic rings. The second kappa shape index (κ2) is 10.3. The van der Waals surface area contributed by atoms with Crippen LogP contribution in [0.5, 0.6) is 0 Å². The summed E-state index contributed by atoms with van der Waals surface area (Å²) >= 11 is 0. The fourth-order valence-corrected chi connectivity index (χ4v) is 4.58. The van der Waals surface area contributed by atoms with Crippen molar-refractivity contribution in [2.45, 2.75) is 42.7 Å². The van der Waals surface area contributed by atoms with E-state index in [0.717, 1.165) is 31.8 Å². The van der Waals surface area contributed by atoms with Gasteiger partial charge in [-0.3, -0.25) is 10.0 Å². The third kappa shape index (κ3) is 6.24. The largest absolute Gasteiger partial charge is 0.461 e. The molecule has 3 rings (SSSR count). The third-order valence-electron chi connectivity index (χ3n) is 4.93. The highest BCUT2D eigenvalue weighted by molar-refractivity contribution is 7.89. The Hall–Kier alpha value is -3.01. The summed E-state index contributed by atoms with van der Waals surface area (Å²) in [6.07, 6.45) is 5.72. The van der Waals surface area contributed by atoms with Crippen LogP contribution < -0.4 is 10.2 Å². The summed E-state index contributed by atoms with van der Waals surface area (Å²) in [5.41, 5.74) is 2.36. The van der Waals surface area contributed by atoms with Gasteiger partial charge in [0.15, 0.2) is 0 Å². The lowest BCUT2D eigenvalue weighted by Gasteiger charge is -2.20. The average Bonchev–Trinajstić information content (AvgIpc) is 3.29. The van der Waals surface area contributed by atoms with Gasteiger partial charge in [0.2, 0.25) is 10.0 Å². The first kappa shape index (κ1) is 22.7. The van der Waals surface area contributed by atoms with E-state index < -0.39 is 27.9 Å². The Morgan fingerprint density at radius 3 is 2.45 bits per heavy atom. The zero-order valence-electron chi connectivity index (χ0n) is 16.7. The number of hydrogen-bond acceptors (Lipinski definition) is 6. The first-order valence-electron chi connectivity index (χ1n) is 9.89. The number of ether oxygens (including phenoxy) is 1. The van der Waals surface area contributed by atoms with E-state index in [4.69, 9.17) is 9.94 Å². The van der Waals surface area contributed by atoms with Crippen molar-refractivity contribution in [1.82, 2.24) is 10.2 Å². The van der Waals surface area contributed by atoms with Crippen molar-refractivity contribution in [3.63, 3.8) is 0 Å². The Morgan fingerprint density at radius 1 is 1.06 bits per heavy atom. The van der Waals surface area contributed by atoms with Crippen molar-refractivity contribution in [2.24, 2.45) is 0 Å². The summed E-state index contributed by atoms with van der Waals surface area (Å²) < 4.78 is 34.1. The Balaban J connectivity index is 1.85. The average molecular weight is 445 g/mol. The summed E-state index contributed by atoms with van der Waals surface area (Å²) in [6.45, 7) is 0. The summed E-state index contributed by atoms with van der Waals surface area (Å²) in [4.78, 5) is 23.9. The van der Waals surface area contributed by atoms with Crippen LogP contribution in [0.1, 0.15) is 42.9 Å². The minimum atomic E-state index is -4.09. The van der Waals surface area contributed by atoms with Gasteiger partial charge in [-0.2, -0.15) is 4.72 Å². The molecule has 0 unspecified atom stereocenters. The van der Waals surface area contributed by atoms with E-state index in [-0.39, 0.29) is 11.0 Å². The van der Waals surface area contributed by atoms with Crippen LogP contribution in [0.3, 0.4) is 0 Å². The molecule has 3 N–H and O–H groups in total. The molecule has 9 heteroatoms. The van der Waals surface area contributed by atoms with Gasteiger partial charge >= 0.3 is 5.97 Å². The summed E-state index contributed by atoms with van der Waals surface area (Å²) in [7, 11) is -4.09. The lowest BCUT2D eigenvalue weighted by atomic mass is 10.1. The number of rotatable bonds is 8. The lowest BCUT2D eigenvalue weighted by molar-refractivity contribution is -0.151. The monoisotopic (exact) mass is 444 g/mol. The summed E-state index contributed by atoms with van der Waals surface area (Å²) in [6, 6.07) is 13.2. The number of nitrogens with one attached hydrogen (secondary N) is 2. The van der Waals surface area contributed by atoms with Crippen LogP contribution in [-0.2, 0) is 24.3 Å². The maximum atomic E-state index is 13.0. The van der Waals surface area contributed by atoms with Gasteiger partial charge in [-0.1, -0.05) is 42.5 Å². The van der Waals surface area contributed by atoms with Gasteiger partial charge in [0, 0.05) is 6.08 Å². The smallest absolute Gasteiger partial charge is 0.329 e. The van der Waals surface area contributed by atoms with E-state index in [1.165, 1.54) is 29.8 Å². The predicted molar refractivity (Wildman–Crippen MR) is 113 cm³/mol. The molecule has 164 valence electrons. The molecule has 8 nitrogen and oxygen atoms in total. The lowest BCUT2D eigenvalue weighted by Crippen LogP contribution is -2.36. The SMILES string of the molecule is O=C(/C=C/c1cccc(S(=O)(=O)N[C@H](C(=O)OC2CCCC2)c2ccccc2)c1)NO. The molecule has 1 atom stereocenters. The fraction of sp³-hybridized carbons (Fsp3) is 0.273. The molecule has 1 aliphatic carbocycles. The van der Waals surface area contributed by atoms with Crippen LogP contribution in [-0.4, -0.2) is 31.6 Å². The number of hydroxylamine groups is 1. The molecule has 0 radical (unpaired) electrons. The number of hydrogen-bond donors (Lipinski definition) is 3. The van der Waals surface area contributed by atoms with Crippen LogP contribution >= 0.6 is 0 Å². The van der Waals surface area contributed by atoms with Gasteiger partial charge in [-0.15, -0.1) is 0 Å². The highest BCUT2D eigenvalue weighted by Crippen LogP contribution is 2.25. The van der Waals surface area contributed by atoms with Gasteiger partial charge in [-0.05, 0) is 55.0 Å². The zero-order valence-corrected chi connectivity index (χ0v) is 17.5. The molecular weight excluding hydrogens is 420 g/mol. The molecule has 1 aliphatic rings. The molecule has 31 heavy (non-hydrogen) atoms. The first-order valence-corrected chi connectivity index (χ1v) is 11.4. The molecule has 0 saturated heterocycles. The zero-order chi connectivity index (χ0) is 22.3. The van der Waals surface area contributed by atoms with Crippen LogP contribution in [0.25, 0.3) is 6.08 Å². The number of carbonyl (C=O) groups excluding carboxylic acids is 2. The number of amides is 1. The van der Waals surface area contributed by atoms with E-state index in [1.54, 1.807) is 36.4 Å². The van der Waals surface area contributed by atoms with Crippen molar-refractivity contribution >= 4 is 28.0 Å². The van der Waals surface area contributed by atoms with Gasteiger partial charge in [0.25, 0.3) is 5.91 Å². The molecule has 0 aromatic heterocycles. The highest BCUT2D eigenvalue weighted by Gasteiger charge is 2.31. The predicted octanol–water partition coefficient (Wildman–Crippen LogP) is 2.71. The number of benzene rings is 2. The maximum Gasteiger partial charge on any atom is 0.329 e. The number of esters is 1. The van der Waals surface area contributed by atoms with E-state index in [2.05, 4.69) is 4.72 Å². The quantitative estimate of drug-likeness (QED) is 0.249. The minimum Gasteiger partial charge on any atom is -0.461 e. The Kier molecular flexibility index (Phi) is 7.56. The molecule has 0 aliphatic heterocycles.